The minimum atomic E-state index is 0.0840. The zero-order valence-electron chi connectivity index (χ0n) is 28.5. The molecule has 2 aliphatic carbocycles. The van der Waals surface area contributed by atoms with Gasteiger partial charge >= 0.3 is 0 Å². The van der Waals surface area contributed by atoms with Crippen molar-refractivity contribution in [3.8, 4) is 0 Å². The Morgan fingerprint density at radius 1 is 0.547 bits per heavy atom. The molecule has 0 fully saturated rings. The Morgan fingerprint density at radius 2 is 1.25 bits per heavy atom. The highest BCUT2D eigenvalue weighted by molar-refractivity contribution is 6.22. The Labute approximate surface area is 304 Å². The zero-order chi connectivity index (χ0) is 34.4. The summed E-state index contributed by atoms with van der Waals surface area (Å²) in [5.74, 6) is 0. The quantitative estimate of drug-likeness (QED) is 0.170. The molecule has 0 spiro atoms. The number of furan rings is 1. The monoisotopic (exact) mass is 678 g/mol. The first-order valence-electron chi connectivity index (χ1n) is 18.3. The summed E-state index contributed by atoms with van der Waals surface area (Å²) in [7, 11) is 0. The molecule has 2 unspecified atom stereocenters. The molecular weight excluding hydrogens is 649 g/mol. The van der Waals surface area contributed by atoms with Crippen LogP contribution in [0.1, 0.15) is 11.6 Å². The van der Waals surface area contributed by atoms with Crippen molar-refractivity contribution in [2.75, 3.05) is 4.90 Å². The van der Waals surface area contributed by atoms with Crippen LogP contribution in [-0.4, -0.2) is 22.0 Å². The maximum atomic E-state index is 6.55. The number of hydrogen-bond donors (Lipinski definition) is 0. The third kappa shape index (κ3) is 3.47. The van der Waals surface area contributed by atoms with Gasteiger partial charge in [-0.25, -0.2) is 0 Å². The van der Waals surface area contributed by atoms with Crippen LogP contribution in [0.15, 0.2) is 174 Å². The fourth-order valence-corrected chi connectivity index (χ4v) is 9.82. The molecule has 5 nitrogen and oxygen atoms in total. The van der Waals surface area contributed by atoms with Crippen LogP contribution in [0.5, 0.6) is 0 Å². The first kappa shape index (κ1) is 27.7. The predicted octanol–water partition coefficient (Wildman–Crippen LogP) is 11.4. The molecule has 0 N–H and O–H groups in total. The minimum Gasteiger partial charge on any atom is -0.456 e. The first-order valence-corrected chi connectivity index (χ1v) is 18.3. The van der Waals surface area contributed by atoms with Gasteiger partial charge in [0.1, 0.15) is 34.5 Å². The molecule has 13 rings (SSSR count). The number of hydrogen-bond acceptors (Lipinski definition) is 2. The lowest BCUT2D eigenvalue weighted by molar-refractivity contribution is 0.668. The molecule has 246 valence electrons. The summed E-state index contributed by atoms with van der Waals surface area (Å²) >= 11 is 0. The van der Waals surface area contributed by atoms with Crippen LogP contribution in [-0.2, 0) is 0 Å². The van der Waals surface area contributed by atoms with Gasteiger partial charge in [0.15, 0.2) is 0 Å². The standard InChI is InChI=1S/C48H30N4O/c1-3-15-37-31(11-1)33-13-9-21-43-47(33)51(37)41-19-7-5-17-39(41)49(43)29-23-25-45-35(27-29)36-28-30(24-26-46(36)53-45)50-40-18-6-8-20-42(40)52-38-16-4-2-12-32(38)34-14-10-22-44(50)48(34)52/h1-28,41,48H/q+2. The van der Waals surface area contributed by atoms with Crippen molar-refractivity contribution in [3.63, 3.8) is 0 Å². The van der Waals surface area contributed by atoms with Gasteiger partial charge in [-0.15, -0.1) is 0 Å². The van der Waals surface area contributed by atoms with E-state index in [9.17, 15) is 0 Å². The molecule has 0 saturated carbocycles. The lowest BCUT2D eigenvalue weighted by Gasteiger charge is -2.32. The second kappa shape index (κ2) is 9.87. The molecule has 0 saturated heterocycles. The molecule has 2 aromatic heterocycles. The van der Waals surface area contributed by atoms with E-state index in [1.54, 1.807) is 0 Å². The normalized spacial score (nSPS) is 19.0. The van der Waals surface area contributed by atoms with E-state index in [1.165, 1.54) is 67.1 Å². The predicted molar refractivity (Wildman–Crippen MR) is 219 cm³/mol. The molecular formula is C48H30N4O+2. The van der Waals surface area contributed by atoms with Crippen molar-refractivity contribution < 1.29 is 4.42 Å². The second-order valence-corrected chi connectivity index (χ2v) is 14.5. The van der Waals surface area contributed by atoms with E-state index in [0.717, 1.165) is 33.3 Å². The summed E-state index contributed by atoms with van der Waals surface area (Å²) in [5.41, 5.74) is 16.5. The molecule has 6 aromatic carbocycles. The zero-order valence-corrected chi connectivity index (χ0v) is 28.5. The highest BCUT2D eigenvalue weighted by atomic mass is 16.3. The van der Waals surface area contributed by atoms with Gasteiger partial charge in [0.2, 0.25) is 34.2 Å². The van der Waals surface area contributed by atoms with Crippen molar-refractivity contribution >= 4 is 94.9 Å². The van der Waals surface area contributed by atoms with Gasteiger partial charge in [-0.3, -0.25) is 0 Å². The van der Waals surface area contributed by atoms with Crippen molar-refractivity contribution in [1.82, 2.24) is 13.7 Å². The summed E-state index contributed by atoms with van der Waals surface area (Å²) < 4.78 is 14.0. The Bertz CT molecular complexity index is 3200. The molecule has 0 amide bonds. The fraction of sp³-hybridized carbons (Fsp3) is 0.0417. The third-order valence-corrected chi connectivity index (χ3v) is 11.9. The Morgan fingerprint density at radius 3 is 2.11 bits per heavy atom. The van der Waals surface area contributed by atoms with Crippen molar-refractivity contribution in [2.45, 2.75) is 12.1 Å². The summed E-state index contributed by atoms with van der Waals surface area (Å²) in [5, 5.41) is 4.78. The lowest BCUT2D eigenvalue weighted by Crippen LogP contribution is -2.43. The molecule has 0 bridgehead atoms. The van der Waals surface area contributed by atoms with Crippen LogP contribution in [0.25, 0.3) is 49.3 Å². The Hall–Kier alpha value is -6.98. The first-order chi connectivity index (χ1) is 26.3. The fourth-order valence-electron chi connectivity index (χ4n) is 9.82. The Kier molecular flexibility index (Phi) is 5.16. The van der Waals surface area contributed by atoms with Crippen LogP contribution in [0.3, 0.4) is 0 Å². The van der Waals surface area contributed by atoms with E-state index in [4.69, 9.17) is 4.42 Å². The highest BCUT2D eigenvalue weighted by Crippen LogP contribution is 2.52. The van der Waals surface area contributed by atoms with Crippen LogP contribution in [0.2, 0.25) is 0 Å². The molecule has 5 aliphatic rings. The maximum absolute atomic E-state index is 6.55. The van der Waals surface area contributed by atoms with Crippen LogP contribution in [0.4, 0.5) is 34.1 Å². The van der Waals surface area contributed by atoms with Crippen molar-refractivity contribution in [1.29, 1.82) is 0 Å². The number of aromatic nitrogens is 1. The smallest absolute Gasteiger partial charge is 0.235 e. The molecule has 2 atom stereocenters. The number of para-hydroxylation sites is 5. The van der Waals surface area contributed by atoms with E-state index in [1.807, 2.05) is 0 Å². The lowest BCUT2D eigenvalue weighted by atomic mass is 9.92. The average molecular weight is 679 g/mol. The van der Waals surface area contributed by atoms with Crippen LogP contribution in [0, 0.1) is 0 Å². The highest BCUT2D eigenvalue weighted by Gasteiger charge is 2.48. The number of allylic oxidation sites excluding steroid dienone is 6. The summed E-state index contributed by atoms with van der Waals surface area (Å²) in [6.45, 7) is 0. The maximum Gasteiger partial charge on any atom is 0.235 e. The average Bonchev–Trinajstić information content (AvgIpc) is 3.87. The van der Waals surface area contributed by atoms with Gasteiger partial charge in [0.05, 0.1) is 11.2 Å². The third-order valence-electron chi connectivity index (χ3n) is 11.9. The molecule has 5 heteroatoms. The molecule has 8 aromatic rings. The largest absolute Gasteiger partial charge is 0.456 e. The van der Waals surface area contributed by atoms with E-state index in [0.29, 0.717) is 0 Å². The topological polar surface area (TPSA) is 27.3 Å². The number of benzene rings is 6. The summed E-state index contributed by atoms with van der Waals surface area (Å²) in [4.78, 5) is 2.52. The number of fused-ring (bicyclic) bond motifs is 13. The summed E-state index contributed by atoms with van der Waals surface area (Å²) in [6.07, 6.45) is 15.7. The van der Waals surface area contributed by atoms with Gasteiger partial charge in [0.25, 0.3) is 0 Å². The number of rotatable bonds is 2. The minimum absolute atomic E-state index is 0.0840. The van der Waals surface area contributed by atoms with Crippen molar-refractivity contribution in [3.05, 3.63) is 175 Å². The summed E-state index contributed by atoms with van der Waals surface area (Å²) in [6, 6.07) is 46.7. The van der Waals surface area contributed by atoms with Crippen LogP contribution < -0.4 is 14.1 Å². The molecule has 3 aliphatic heterocycles. The van der Waals surface area contributed by atoms with E-state index in [-0.39, 0.29) is 12.1 Å². The SMILES string of the molecule is C1=CC2=[N+](c3ccc4oc5ccc([N+]6=C7C=CC=CC7n7c8ccccc8c8cccc6c87)cc5c4c3)c3ccccc3N3c4ccccc4C(=C1)C23. The second-order valence-electron chi connectivity index (χ2n) is 14.5. The van der Waals surface area contributed by atoms with Gasteiger partial charge in [-0.1, -0.05) is 91.0 Å². The molecule has 0 radical (unpaired) electrons. The van der Waals surface area contributed by atoms with Gasteiger partial charge in [-0.05, 0) is 35.9 Å². The molecule has 5 heterocycles. The Balaban J connectivity index is 1.03. The number of anilines is 2. The number of nitrogens with zero attached hydrogens (tertiary/aromatic N) is 4. The van der Waals surface area contributed by atoms with E-state index >= 15 is 0 Å². The van der Waals surface area contributed by atoms with Gasteiger partial charge < -0.3 is 13.9 Å². The van der Waals surface area contributed by atoms with E-state index < -0.39 is 0 Å². The van der Waals surface area contributed by atoms with Gasteiger partial charge in [0, 0.05) is 75.7 Å². The van der Waals surface area contributed by atoms with Crippen molar-refractivity contribution in [2.24, 2.45) is 0 Å². The molecule has 53 heavy (non-hydrogen) atoms. The van der Waals surface area contributed by atoms with Crippen LogP contribution >= 0.6 is 0 Å². The van der Waals surface area contributed by atoms with E-state index in [2.05, 4.69) is 189 Å². The van der Waals surface area contributed by atoms with Gasteiger partial charge in [-0.2, -0.15) is 9.15 Å².